The van der Waals surface area contributed by atoms with Gasteiger partial charge in [-0.15, -0.1) is 0 Å². The number of nitrogens with zero attached hydrogens (tertiary/aromatic N) is 3. The maximum Gasteiger partial charge on any atom is 0.317 e. The predicted octanol–water partition coefficient (Wildman–Crippen LogP) is 1.29. The molecule has 0 saturated carbocycles. The molecule has 112 valence electrons. The van der Waals surface area contributed by atoms with Crippen LogP contribution in [0.3, 0.4) is 0 Å². The van der Waals surface area contributed by atoms with Gasteiger partial charge in [-0.3, -0.25) is 14.6 Å². The average molecular weight is 291 g/mol. The first kappa shape index (κ1) is 15.4. The lowest BCUT2D eigenvalue weighted by Crippen LogP contribution is -2.34. The van der Waals surface area contributed by atoms with Crippen molar-refractivity contribution in [3.05, 3.63) is 35.1 Å². The second-order valence-electron chi connectivity index (χ2n) is 5.19. The predicted molar refractivity (Wildman–Crippen MR) is 75.1 cm³/mol. The van der Waals surface area contributed by atoms with Crippen molar-refractivity contribution in [1.29, 1.82) is 5.26 Å². The minimum absolute atomic E-state index is 0.0477. The molecule has 1 aliphatic heterocycles. The molecule has 1 heterocycles. The Bertz CT molecular complexity index is 556. The summed E-state index contributed by atoms with van der Waals surface area (Å²) < 4.78 is 14.0. The molecule has 0 aliphatic carbocycles. The first-order chi connectivity index (χ1) is 10.1. The third-order valence-electron chi connectivity index (χ3n) is 3.63. The van der Waals surface area contributed by atoms with Crippen LogP contribution in [0.1, 0.15) is 17.5 Å². The van der Waals surface area contributed by atoms with Crippen LogP contribution < -0.4 is 0 Å². The Kier molecular flexibility index (Phi) is 5.26. The van der Waals surface area contributed by atoms with E-state index in [4.69, 9.17) is 10.4 Å². The quantitative estimate of drug-likeness (QED) is 0.905. The highest BCUT2D eigenvalue weighted by molar-refractivity contribution is 5.69. The molecule has 0 unspecified atom stereocenters. The van der Waals surface area contributed by atoms with E-state index in [0.717, 1.165) is 19.5 Å². The molecular formula is C15H18FN3O2. The van der Waals surface area contributed by atoms with Crippen LogP contribution >= 0.6 is 0 Å². The van der Waals surface area contributed by atoms with Gasteiger partial charge in [0, 0.05) is 31.7 Å². The normalized spacial score (nSPS) is 17.1. The fourth-order valence-electron chi connectivity index (χ4n) is 2.56. The Morgan fingerprint density at radius 1 is 1.29 bits per heavy atom. The van der Waals surface area contributed by atoms with Crippen molar-refractivity contribution in [2.45, 2.75) is 13.0 Å². The van der Waals surface area contributed by atoms with E-state index in [2.05, 4.69) is 4.90 Å². The standard InChI is InChI=1S/C15H18FN3O2/c16-15-12(9-17)3-1-4-13(15)10-18-5-2-6-19(8-7-18)11-14(20)21/h1,3-4H,2,5-8,10-11H2,(H,20,21). The highest BCUT2D eigenvalue weighted by Crippen LogP contribution is 2.15. The number of halogens is 1. The number of hydrogen-bond acceptors (Lipinski definition) is 4. The van der Waals surface area contributed by atoms with Gasteiger partial charge < -0.3 is 5.11 Å². The number of benzene rings is 1. The largest absolute Gasteiger partial charge is 0.480 e. The number of aliphatic carboxylic acids is 1. The van der Waals surface area contributed by atoms with Gasteiger partial charge in [-0.1, -0.05) is 12.1 Å². The highest BCUT2D eigenvalue weighted by Gasteiger charge is 2.18. The fourth-order valence-corrected chi connectivity index (χ4v) is 2.56. The summed E-state index contributed by atoms with van der Waals surface area (Å²) in [5.74, 6) is -1.28. The monoisotopic (exact) mass is 291 g/mol. The minimum Gasteiger partial charge on any atom is -0.480 e. The molecule has 0 bridgehead atoms. The molecule has 1 N–H and O–H groups in total. The van der Waals surface area contributed by atoms with E-state index in [1.807, 2.05) is 11.0 Å². The van der Waals surface area contributed by atoms with Crippen LogP contribution in [0.25, 0.3) is 0 Å². The summed E-state index contributed by atoms with van der Waals surface area (Å²) in [4.78, 5) is 14.7. The Labute approximate surface area is 123 Å². The molecule has 1 fully saturated rings. The molecule has 0 radical (unpaired) electrons. The molecule has 1 aliphatic rings. The van der Waals surface area contributed by atoms with Crippen molar-refractivity contribution < 1.29 is 14.3 Å². The van der Waals surface area contributed by atoms with Crippen LogP contribution in [0.5, 0.6) is 0 Å². The van der Waals surface area contributed by atoms with Crippen LogP contribution in [0.4, 0.5) is 4.39 Å². The van der Waals surface area contributed by atoms with Gasteiger partial charge in [-0.05, 0) is 19.0 Å². The Morgan fingerprint density at radius 2 is 2.00 bits per heavy atom. The lowest BCUT2D eigenvalue weighted by molar-refractivity contribution is -0.138. The smallest absolute Gasteiger partial charge is 0.317 e. The molecule has 0 spiro atoms. The first-order valence-electron chi connectivity index (χ1n) is 6.94. The molecular weight excluding hydrogens is 273 g/mol. The Balaban J connectivity index is 1.98. The zero-order valence-electron chi connectivity index (χ0n) is 11.8. The third-order valence-corrected chi connectivity index (χ3v) is 3.63. The SMILES string of the molecule is N#Cc1cccc(CN2CCCN(CC(=O)O)CC2)c1F. The molecule has 1 aromatic rings. The molecule has 6 heteroatoms. The van der Waals surface area contributed by atoms with Crippen molar-refractivity contribution >= 4 is 5.97 Å². The summed E-state index contributed by atoms with van der Waals surface area (Å²) in [6.45, 7) is 3.39. The van der Waals surface area contributed by atoms with Gasteiger partial charge in [0.2, 0.25) is 0 Å². The van der Waals surface area contributed by atoms with Crippen molar-refractivity contribution in [1.82, 2.24) is 9.80 Å². The van der Waals surface area contributed by atoms with Crippen molar-refractivity contribution in [2.75, 3.05) is 32.7 Å². The number of rotatable bonds is 4. The molecule has 21 heavy (non-hydrogen) atoms. The molecule has 1 saturated heterocycles. The maximum atomic E-state index is 14.0. The Hall–Kier alpha value is -1.97. The van der Waals surface area contributed by atoms with Crippen molar-refractivity contribution in [2.24, 2.45) is 0 Å². The second kappa shape index (κ2) is 7.16. The van der Waals surface area contributed by atoms with Gasteiger partial charge in [-0.2, -0.15) is 5.26 Å². The highest BCUT2D eigenvalue weighted by atomic mass is 19.1. The van der Waals surface area contributed by atoms with Gasteiger partial charge in [0.05, 0.1) is 12.1 Å². The molecule has 0 amide bonds. The Morgan fingerprint density at radius 3 is 2.71 bits per heavy atom. The molecule has 5 nitrogen and oxygen atoms in total. The van der Waals surface area contributed by atoms with E-state index in [-0.39, 0.29) is 12.1 Å². The maximum absolute atomic E-state index is 14.0. The molecule has 0 atom stereocenters. The van der Waals surface area contributed by atoms with Crippen LogP contribution in [-0.2, 0) is 11.3 Å². The van der Waals surface area contributed by atoms with Crippen LogP contribution in [0.2, 0.25) is 0 Å². The van der Waals surface area contributed by atoms with Crippen molar-refractivity contribution in [3.63, 3.8) is 0 Å². The van der Waals surface area contributed by atoms with E-state index in [0.29, 0.717) is 25.2 Å². The number of nitriles is 1. The first-order valence-corrected chi connectivity index (χ1v) is 6.94. The van der Waals surface area contributed by atoms with Gasteiger partial charge in [0.15, 0.2) is 0 Å². The van der Waals surface area contributed by atoms with Gasteiger partial charge in [0.1, 0.15) is 11.9 Å². The van der Waals surface area contributed by atoms with Gasteiger partial charge >= 0.3 is 5.97 Å². The average Bonchev–Trinajstić information content (AvgIpc) is 2.66. The van der Waals surface area contributed by atoms with E-state index < -0.39 is 11.8 Å². The lowest BCUT2D eigenvalue weighted by Gasteiger charge is -2.21. The summed E-state index contributed by atoms with van der Waals surface area (Å²) in [5, 5.41) is 17.7. The van der Waals surface area contributed by atoms with Crippen molar-refractivity contribution in [3.8, 4) is 6.07 Å². The fraction of sp³-hybridized carbons (Fsp3) is 0.467. The zero-order chi connectivity index (χ0) is 15.2. The summed E-state index contributed by atoms with van der Waals surface area (Å²) in [6.07, 6.45) is 0.854. The summed E-state index contributed by atoms with van der Waals surface area (Å²) in [5.41, 5.74) is 0.579. The summed E-state index contributed by atoms with van der Waals surface area (Å²) in [7, 11) is 0. The zero-order valence-corrected chi connectivity index (χ0v) is 11.8. The molecule has 0 aromatic heterocycles. The van der Waals surface area contributed by atoms with E-state index in [9.17, 15) is 9.18 Å². The third kappa shape index (κ3) is 4.25. The van der Waals surface area contributed by atoms with Crippen LogP contribution in [-0.4, -0.2) is 53.6 Å². The molecule has 2 rings (SSSR count). The van der Waals surface area contributed by atoms with Crippen LogP contribution in [0.15, 0.2) is 18.2 Å². The van der Waals surface area contributed by atoms with Gasteiger partial charge in [0.25, 0.3) is 0 Å². The number of carboxylic acid groups (broad SMARTS) is 1. The molecule has 1 aromatic carbocycles. The van der Waals surface area contributed by atoms with Crippen LogP contribution in [0, 0.1) is 17.1 Å². The van der Waals surface area contributed by atoms with Gasteiger partial charge in [-0.25, -0.2) is 4.39 Å². The number of carboxylic acids is 1. The van der Waals surface area contributed by atoms with E-state index in [1.54, 1.807) is 12.1 Å². The summed E-state index contributed by atoms with van der Waals surface area (Å²) >= 11 is 0. The minimum atomic E-state index is -0.823. The van der Waals surface area contributed by atoms with E-state index in [1.165, 1.54) is 6.07 Å². The topological polar surface area (TPSA) is 67.6 Å². The second-order valence-corrected chi connectivity index (χ2v) is 5.19. The summed E-state index contributed by atoms with van der Waals surface area (Å²) in [6, 6.07) is 6.69. The number of carbonyl (C=O) groups is 1. The number of hydrogen-bond donors (Lipinski definition) is 1. The van der Waals surface area contributed by atoms with E-state index >= 15 is 0 Å². The lowest BCUT2D eigenvalue weighted by atomic mass is 10.1.